The van der Waals surface area contributed by atoms with Gasteiger partial charge in [0.1, 0.15) is 34.5 Å². The molecule has 6 aromatic carbocycles. The molecule has 278 valence electrons. The van der Waals surface area contributed by atoms with Crippen LogP contribution in [-0.2, 0) is 0 Å². The van der Waals surface area contributed by atoms with Crippen molar-refractivity contribution in [1.82, 2.24) is 0 Å². The van der Waals surface area contributed by atoms with Crippen molar-refractivity contribution < 1.29 is 28.4 Å². The van der Waals surface area contributed by atoms with Crippen LogP contribution in [0, 0.1) is 27.7 Å². The fourth-order valence-corrected chi connectivity index (χ4v) is 12.4. The standard InChI is InChI=1S/C46H48O6P2/c1-29-27-41(53(37-19-11-33(47-5)12-20-37)38-21-13-34(48-6)14-22-38)43(31(3)45(29)51-9)44-32(4)46(52-10)30(2)28-42(44)54(39-23-15-35(49-7)16-24-39)40-25-17-36(50-8)18-26-40/h11-28H,1-10H3. The third-order valence-electron chi connectivity index (χ3n) is 9.83. The van der Waals surface area contributed by atoms with Gasteiger partial charge in [-0.2, -0.15) is 0 Å². The number of methoxy groups -OCH3 is 6. The normalized spacial score (nSPS) is 11.1. The molecule has 6 rings (SSSR count). The third kappa shape index (κ3) is 7.51. The van der Waals surface area contributed by atoms with Crippen molar-refractivity contribution in [2.24, 2.45) is 0 Å². The van der Waals surface area contributed by atoms with Crippen LogP contribution in [0.25, 0.3) is 11.1 Å². The van der Waals surface area contributed by atoms with Crippen LogP contribution in [0.15, 0.2) is 109 Å². The number of benzene rings is 6. The summed E-state index contributed by atoms with van der Waals surface area (Å²) in [7, 11) is 8.15. The fraction of sp³-hybridized carbons (Fsp3) is 0.217. The summed E-state index contributed by atoms with van der Waals surface area (Å²) in [5.41, 5.74) is 6.61. The summed E-state index contributed by atoms with van der Waals surface area (Å²) >= 11 is 0. The molecule has 0 spiro atoms. The van der Waals surface area contributed by atoms with Crippen molar-refractivity contribution in [1.29, 1.82) is 0 Å². The van der Waals surface area contributed by atoms with Crippen LogP contribution in [0.2, 0.25) is 0 Å². The van der Waals surface area contributed by atoms with Crippen LogP contribution in [-0.4, -0.2) is 42.7 Å². The molecule has 0 heterocycles. The van der Waals surface area contributed by atoms with Crippen LogP contribution in [0.4, 0.5) is 0 Å². The van der Waals surface area contributed by atoms with E-state index in [1.807, 2.05) is 0 Å². The zero-order valence-electron chi connectivity index (χ0n) is 32.7. The first-order valence-electron chi connectivity index (χ1n) is 17.7. The molecule has 0 fully saturated rings. The summed E-state index contributed by atoms with van der Waals surface area (Å²) in [6.07, 6.45) is 0. The molecule has 0 bridgehead atoms. The van der Waals surface area contributed by atoms with E-state index in [9.17, 15) is 0 Å². The van der Waals surface area contributed by atoms with E-state index >= 15 is 0 Å². The maximum absolute atomic E-state index is 6.21. The Morgan fingerprint density at radius 3 is 0.778 bits per heavy atom. The Kier molecular flexibility index (Phi) is 12.2. The monoisotopic (exact) mass is 758 g/mol. The van der Waals surface area contributed by atoms with E-state index in [-0.39, 0.29) is 0 Å². The molecule has 0 atom stereocenters. The van der Waals surface area contributed by atoms with E-state index in [0.29, 0.717) is 0 Å². The van der Waals surface area contributed by atoms with Crippen molar-refractivity contribution >= 4 is 47.7 Å². The molecule has 8 heteroatoms. The minimum atomic E-state index is -1.10. The van der Waals surface area contributed by atoms with E-state index in [0.717, 1.165) is 67.9 Å². The predicted molar refractivity (Wildman–Crippen MR) is 228 cm³/mol. The Bertz CT molecular complexity index is 1960. The van der Waals surface area contributed by atoms with Gasteiger partial charge in [0.25, 0.3) is 0 Å². The Morgan fingerprint density at radius 2 is 0.574 bits per heavy atom. The molecular formula is C46H48O6P2. The molecule has 54 heavy (non-hydrogen) atoms. The summed E-state index contributed by atoms with van der Waals surface area (Å²) in [5, 5.41) is 7.26. The first kappa shape index (κ1) is 38.7. The van der Waals surface area contributed by atoms with E-state index in [1.54, 1.807) is 42.7 Å². The molecule has 0 saturated carbocycles. The largest absolute Gasteiger partial charge is 0.497 e. The Balaban J connectivity index is 1.76. The van der Waals surface area contributed by atoms with Crippen molar-refractivity contribution in [3.05, 3.63) is 131 Å². The van der Waals surface area contributed by atoms with Gasteiger partial charge < -0.3 is 28.4 Å². The number of aryl methyl sites for hydroxylation is 2. The highest BCUT2D eigenvalue weighted by molar-refractivity contribution is 7.80. The highest BCUT2D eigenvalue weighted by Gasteiger charge is 2.31. The van der Waals surface area contributed by atoms with Gasteiger partial charge in [-0.25, -0.2) is 0 Å². The zero-order chi connectivity index (χ0) is 38.5. The highest BCUT2D eigenvalue weighted by Crippen LogP contribution is 2.48. The molecule has 0 aliphatic carbocycles. The molecule has 0 amide bonds. The first-order chi connectivity index (χ1) is 26.2. The summed E-state index contributed by atoms with van der Waals surface area (Å²) in [4.78, 5) is 0. The predicted octanol–water partition coefficient (Wildman–Crippen LogP) is 8.16. The molecule has 6 aromatic rings. The second kappa shape index (κ2) is 17.0. The van der Waals surface area contributed by atoms with Gasteiger partial charge >= 0.3 is 0 Å². The van der Waals surface area contributed by atoms with Crippen molar-refractivity contribution in [2.45, 2.75) is 27.7 Å². The van der Waals surface area contributed by atoms with Crippen molar-refractivity contribution in [2.75, 3.05) is 42.7 Å². The number of rotatable bonds is 13. The molecule has 0 radical (unpaired) electrons. The molecule has 0 aliphatic heterocycles. The maximum Gasteiger partial charge on any atom is 0.125 e. The number of hydrogen-bond acceptors (Lipinski definition) is 6. The fourth-order valence-electron chi connectivity index (χ4n) is 7.28. The van der Waals surface area contributed by atoms with Crippen LogP contribution in [0.5, 0.6) is 34.5 Å². The van der Waals surface area contributed by atoms with Gasteiger partial charge in [0.15, 0.2) is 0 Å². The molecule has 0 aromatic heterocycles. The lowest BCUT2D eigenvalue weighted by atomic mass is 9.92. The summed E-state index contributed by atoms with van der Waals surface area (Å²) in [6, 6.07) is 38.6. The van der Waals surface area contributed by atoms with Crippen LogP contribution >= 0.6 is 15.8 Å². The topological polar surface area (TPSA) is 55.4 Å². The Labute approximate surface area is 322 Å². The van der Waals surface area contributed by atoms with Crippen LogP contribution in [0.3, 0.4) is 0 Å². The summed E-state index contributed by atoms with van der Waals surface area (Å²) < 4.78 is 34.8. The number of hydrogen-bond donors (Lipinski definition) is 0. The van der Waals surface area contributed by atoms with Gasteiger partial charge in [0, 0.05) is 0 Å². The molecule has 0 saturated heterocycles. The van der Waals surface area contributed by atoms with E-state index in [4.69, 9.17) is 28.4 Å². The maximum atomic E-state index is 6.21. The van der Waals surface area contributed by atoms with Gasteiger partial charge in [-0.15, -0.1) is 0 Å². The molecule has 0 N–H and O–H groups in total. The second-order valence-corrected chi connectivity index (χ2v) is 17.3. The molecular weight excluding hydrogens is 710 g/mol. The molecule has 0 aliphatic rings. The average molecular weight is 759 g/mol. The van der Waals surface area contributed by atoms with Gasteiger partial charge in [0.2, 0.25) is 0 Å². The van der Waals surface area contributed by atoms with E-state index < -0.39 is 15.8 Å². The van der Waals surface area contributed by atoms with Gasteiger partial charge in [0.05, 0.1) is 42.7 Å². The third-order valence-corrected chi connectivity index (χ3v) is 14.8. The van der Waals surface area contributed by atoms with Crippen molar-refractivity contribution in [3.63, 3.8) is 0 Å². The lowest BCUT2D eigenvalue weighted by Gasteiger charge is -2.31. The average Bonchev–Trinajstić information content (AvgIpc) is 3.20. The first-order valence-corrected chi connectivity index (χ1v) is 20.4. The van der Waals surface area contributed by atoms with Gasteiger partial charge in [-0.05, 0) is 169 Å². The van der Waals surface area contributed by atoms with Crippen LogP contribution in [0.1, 0.15) is 22.3 Å². The molecule has 0 unspecified atom stereocenters. The smallest absolute Gasteiger partial charge is 0.125 e. The van der Waals surface area contributed by atoms with Gasteiger partial charge in [-0.3, -0.25) is 0 Å². The highest BCUT2D eigenvalue weighted by atomic mass is 31.1. The molecule has 6 nitrogen and oxygen atoms in total. The van der Waals surface area contributed by atoms with Crippen molar-refractivity contribution in [3.8, 4) is 45.6 Å². The minimum Gasteiger partial charge on any atom is -0.497 e. The zero-order valence-corrected chi connectivity index (χ0v) is 34.5. The van der Waals surface area contributed by atoms with Crippen LogP contribution < -0.4 is 60.2 Å². The quantitative estimate of drug-likeness (QED) is 0.111. The SMILES string of the molecule is COc1ccc(P(c2ccc(OC)cc2)c2cc(C)c(OC)c(C)c2-c2c(P(c3ccc(OC)cc3)c3ccc(OC)cc3)cc(C)c(OC)c2C)cc1. The summed E-state index contributed by atoms with van der Waals surface area (Å²) in [5.74, 6) is 5.01. The minimum absolute atomic E-state index is 0.816. The lowest BCUT2D eigenvalue weighted by Crippen LogP contribution is -2.28. The second-order valence-electron chi connectivity index (χ2n) is 13.0. The number of ether oxygens (including phenoxy) is 6. The Morgan fingerprint density at radius 1 is 0.333 bits per heavy atom. The van der Waals surface area contributed by atoms with E-state index in [1.165, 1.54) is 31.8 Å². The Hall–Kier alpha value is -5.02. The lowest BCUT2D eigenvalue weighted by molar-refractivity contribution is 0.408. The van der Waals surface area contributed by atoms with E-state index in [2.05, 4.69) is 137 Å². The van der Waals surface area contributed by atoms with Gasteiger partial charge in [-0.1, -0.05) is 48.5 Å². The summed E-state index contributed by atoms with van der Waals surface area (Å²) in [6.45, 7) is 8.66.